The van der Waals surface area contributed by atoms with Crippen LogP contribution in [0.1, 0.15) is 44.8 Å². The molecule has 0 spiro atoms. The first kappa shape index (κ1) is 22.4. The topological polar surface area (TPSA) is 90.9 Å². The van der Waals surface area contributed by atoms with Crippen molar-refractivity contribution >= 4 is 29.3 Å². The number of carbonyl (C=O) groups excluding carboxylic acids is 3. The summed E-state index contributed by atoms with van der Waals surface area (Å²) in [6, 6.07) is 17.7. The Labute approximate surface area is 195 Å². The van der Waals surface area contributed by atoms with Gasteiger partial charge in [0.1, 0.15) is 0 Å². The molecule has 1 aliphatic heterocycles. The highest BCUT2D eigenvalue weighted by atomic mass is 35.5. The zero-order valence-electron chi connectivity index (χ0n) is 17.7. The minimum atomic E-state index is -0.765. The highest BCUT2D eigenvalue weighted by Gasteiger charge is 2.21. The lowest BCUT2D eigenvalue weighted by atomic mass is 9.98. The minimum Gasteiger partial charge on any atom is -0.454 e. The van der Waals surface area contributed by atoms with Gasteiger partial charge in [0.2, 0.25) is 6.79 Å². The number of hydrogen-bond donors (Lipinski definition) is 1. The number of fused-ring (bicyclic) bond motifs is 1. The summed E-state index contributed by atoms with van der Waals surface area (Å²) in [7, 11) is 0. The van der Waals surface area contributed by atoms with Gasteiger partial charge in [0.05, 0.1) is 11.6 Å². The number of esters is 1. The van der Waals surface area contributed by atoms with Crippen LogP contribution in [-0.4, -0.2) is 31.1 Å². The molecule has 0 saturated carbocycles. The van der Waals surface area contributed by atoms with Crippen LogP contribution < -0.4 is 14.8 Å². The molecule has 0 saturated heterocycles. The maximum atomic E-state index is 12.9. The zero-order chi connectivity index (χ0) is 23.4. The molecule has 168 valence electrons. The molecule has 3 aromatic carbocycles. The normalized spacial score (nSPS) is 12.7. The Morgan fingerprint density at radius 2 is 1.67 bits per heavy atom. The summed E-state index contributed by atoms with van der Waals surface area (Å²) in [5.41, 5.74) is 1.46. The number of ether oxygens (including phenoxy) is 3. The second-order valence-electron chi connectivity index (χ2n) is 7.36. The molecular weight excluding hydrogens is 446 g/mol. The van der Waals surface area contributed by atoms with E-state index in [1.54, 1.807) is 55.5 Å². The van der Waals surface area contributed by atoms with Crippen molar-refractivity contribution in [3.63, 3.8) is 0 Å². The van der Waals surface area contributed by atoms with Gasteiger partial charge in [0.15, 0.2) is 23.9 Å². The van der Waals surface area contributed by atoms with E-state index in [9.17, 15) is 14.4 Å². The number of carbonyl (C=O) groups is 3. The first-order valence-corrected chi connectivity index (χ1v) is 10.6. The van der Waals surface area contributed by atoms with Gasteiger partial charge in [-0.1, -0.05) is 35.9 Å². The van der Waals surface area contributed by atoms with E-state index in [1.807, 2.05) is 6.07 Å². The number of nitrogens with one attached hydrogen (secondary N) is 1. The molecule has 33 heavy (non-hydrogen) atoms. The fourth-order valence-electron chi connectivity index (χ4n) is 3.37. The van der Waals surface area contributed by atoms with Gasteiger partial charge >= 0.3 is 5.97 Å². The molecule has 3 aromatic rings. The molecule has 0 aromatic heterocycles. The molecule has 1 aliphatic rings. The van der Waals surface area contributed by atoms with E-state index in [2.05, 4.69) is 5.32 Å². The van der Waals surface area contributed by atoms with Gasteiger partial charge in [-0.05, 0) is 55.0 Å². The quantitative estimate of drug-likeness (QED) is 0.412. The van der Waals surface area contributed by atoms with Crippen LogP contribution in [0.2, 0.25) is 5.02 Å². The molecule has 0 aliphatic carbocycles. The number of halogens is 1. The Bertz CT molecular complexity index is 1210. The van der Waals surface area contributed by atoms with E-state index in [1.165, 1.54) is 12.1 Å². The summed E-state index contributed by atoms with van der Waals surface area (Å²) in [4.78, 5) is 37.8. The third-order valence-electron chi connectivity index (χ3n) is 5.11. The predicted octanol–water partition coefficient (Wildman–Crippen LogP) is 4.33. The van der Waals surface area contributed by atoms with Crippen LogP contribution in [0, 0.1) is 0 Å². The molecule has 0 fully saturated rings. The molecule has 8 heteroatoms. The van der Waals surface area contributed by atoms with Crippen LogP contribution in [0.5, 0.6) is 11.5 Å². The average Bonchev–Trinajstić information content (AvgIpc) is 3.30. The lowest BCUT2D eigenvalue weighted by Gasteiger charge is -2.15. The van der Waals surface area contributed by atoms with Crippen LogP contribution in [-0.2, 0) is 9.53 Å². The minimum absolute atomic E-state index is 0.0778. The highest BCUT2D eigenvalue weighted by Crippen LogP contribution is 2.34. The molecule has 0 radical (unpaired) electrons. The fourth-order valence-corrected chi connectivity index (χ4v) is 3.50. The van der Waals surface area contributed by atoms with Crippen molar-refractivity contribution in [2.45, 2.75) is 13.0 Å². The molecular formula is C25H20ClNO6. The van der Waals surface area contributed by atoms with Crippen molar-refractivity contribution in [3.8, 4) is 11.5 Å². The number of hydrogen-bond acceptors (Lipinski definition) is 6. The van der Waals surface area contributed by atoms with Crippen molar-refractivity contribution in [2.24, 2.45) is 0 Å². The van der Waals surface area contributed by atoms with E-state index in [-0.39, 0.29) is 29.7 Å². The Balaban J connectivity index is 1.38. The summed E-state index contributed by atoms with van der Waals surface area (Å²) in [5, 5.41) is 3.27. The van der Waals surface area contributed by atoms with Crippen LogP contribution in [0.4, 0.5) is 0 Å². The van der Waals surface area contributed by atoms with E-state index in [0.29, 0.717) is 22.1 Å². The van der Waals surface area contributed by atoms with Gasteiger partial charge in [-0.15, -0.1) is 0 Å². The Kier molecular flexibility index (Phi) is 6.60. The van der Waals surface area contributed by atoms with Crippen molar-refractivity contribution < 1.29 is 28.6 Å². The SMILES string of the molecule is CC(NC(=O)COC(=O)c1ccccc1C(=O)c1ccc(Cl)cc1)c1ccc2c(c1)OCO2. The molecule has 1 N–H and O–H groups in total. The van der Waals surface area contributed by atoms with Gasteiger partial charge in [-0.2, -0.15) is 0 Å². The molecule has 7 nitrogen and oxygen atoms in total. The largest absolute Gasteiger partial charge is 0.454 e. The van der Waals surface area contributed by atoms with E-state index >= 15 is 0 Å². The maximum absolute atomic E-state index is 12.9. The Morgan fingerprint density at radius 1 is 0.970 bits per heavy atom. The van der Waals surface area contributed by atoms with Crippen LogP contribution in [0.3, 0.4) is 0 Å². The average molecular weight is 466 g/mol. The van der Waals surface area contributed by atoms with E-state index in [4.69, 9.17) is 25.8 Å². The summed E-state index contributed by atoms with van der Waals surface area (Å²) < 4.78 is 15.8. The van der Waals surface area contributed by atoms with Crippen LogP contribution in [0.25, 0.3) is 0 Å². The van der Waals surface area contributed by atoms with Gasteiger partial charge in [-0.25, -0.2) is 4.79 Å². The zero-order valence-corrected chi connectivity index (χ0v) is 18.4. The second-order valence-corrected chi connectivity index (χ2v) is 7.80. The van der Waals surface area contributed by atoms with Gasteiger partial charge in [0, 0.05) is 16.1 Å². The number of amides is 1. The number of benzene rings is 3. The monoisotopic (exact) mass is 465 g/mol. The molecule has 1 heterocycles. The Morgan fingerprint density at radius 3 is 2.42 bits per heavy atom. The summed E-state index contributed by atoms with van der Waals surface area (Å²) in [5.74, 6) is -0.325. The number of ketones is 1. The molecule has 1 atom stereocenters. The summed E-state index contributed by atoms with van der Waals surface area (Å²) >= 11 is 5.88. The number of rotatable bonds is 7. The fraction of sp³-hybridized carbons (Fsp3) is 0.160. The second kappa shape index (κ2) is 9.75. The van der Waals surface area contributed by atoms with Crippen molar-refractivity contribution in [1.29, 1.82) is 0 Å². The van der Waals surface area contributed by atoms with Gasteiger partial charge < -0.3 is 19.5 Å². The van der Waals surface area contributed by atoms with Crippen LogP contribution in [0.15, 0.2) is 66.7 Å². The third kappa shape index (κ3) is 5.15. The van der Waals surface area contributed by atoms with E-state index < -0.39 is 18.5 Å². The van der Waals surface area contributed by atoms with Gasteiger partial charge in [-0.3, -0.25) is 9.59 Å². The molecule has 0 bridgehead atoms. The smallest absolute Gasteiger partial charge is 0.339 e. The third-order valence-corrected chi connectivity index (χ3v) is 5.36. The first-order valence-electron chi connectivity index (χ1n) is 10.2. The molecule has 4 rings (SSSR count). The maximum Gasteiger partial charge on any atom is 0.339 e. The highest BCUT2D eigenvalue weighted by molar-refractivity contribution is 6.30. The predicted molar refractivity (Wildman–Crippen MR) is 121 cm³/mol. The molecule has 1 unspecified atom stereocenters. The lowest BCUT2D eigenvalue weighted by Crippen LogP contribution is -2.31. The lowest BCUT2D eigenvalue weighted by molar-refractivity contribution is -0.124. The summed E-state index contributed by atoms with van der Waals surface area (Å²) in [6.07, 6.45) is 0. The van der Waals surface area contributed by atoms with Crippen LogP contribution >= 0.6 is 11.6 Å². The Hall–Kier alpha value is -3.84. The standard InChI is InChI=1S/C25H20ClNO6/c1-15(17-8-11-21-22(12-17)33-14-32-21)27-23(28)13-31-25(30)20-5-3-2-4-19(20)24(29)16-6-9-18(26)10-7-16/h2-12,15H,13-14H2,1H3,(H,27,28). The van der Waals surface area contributed by atoms with Crippen molar-refractivity contribution in [1.82, 2.24) is 5.32 Å². The van der Waals surface area contributed by atoms with Crippen molar-refractivity contribution in [2.75, 3.05) is 13.4 Å². The van der Waals surface area contributed by atoms with Crippen molar-refractivity contribution in [3.05, 3.63) is 94.0 Å². The van der Waals surface area contributed by atoms with Gasteiger partial charge in [0.25, 0.3) is 5.91 Å². The summed E-state index contributed by atoms with van der Waals surface area (Å²) in [6.45, 7) is 1.48. The van der Waals surface area contributed by atoms with E-state index in [0.717, 1.165) is 5.56 Å². The first-order chi connectivity index (χ1) is 15.9. The molecule has 1 amide bonds.